The molecular weight excluding hydrogens is 458 g/mol. The Hall–Kier alpha value is -4.08. The summed E-state index contributed by atoms with van der Waals surface area (Å²) in [6, 6.07) is 20.8. The van der Waals surface area contributed by atoms with Crippen LogP contribution in [-0.2, 0) is 16.1 Å². The fourth-order valence-electron chi connectivity index (χ4n) is 4.60. The monoisotopic (exact) mass is 485 g/mol. The van der Waals surface area contributed by atoms with Gasteiger partial charge in [0.1, 0.15) is 12.3 Å². The molecule has 2 aromatic carbocycles. The zero-order chi connectivity index (χ0) is 25.1. The highest BCUT2D eigenvalue weighted by molar-refractivity contribution is 5.77. The number of nitrogens with zero attached hydrogens (tertiary/aromatic N) is 5. The summed E-state index contributed by atoms with van der Waals surface area (Å²) in [6.45, 7) is 3.49. The number of piperazine rings is 1. The Kier molecular flexibility index (Phi) is 6.75. The van der Waals surface area contributed by atoms with Gasteiger partial charge < -0.3 is 14.0 Å². The molecule has 0 unspecified atom stereocenters. The van der Waals surface area contributed by atoms with E-state index in [9.17, 15) is 14.9 Å². The molecule has 184 valence electrons. The number of nitro benzene ring substituents is 1. The van der Waals surface area contributed by atoms with Crippen molar-refractivity contribution in [1.82, 2.24) is 19.2 Å². The van der Waals surface area contributed by atoms with Gasteiger partial charge in [-0.15, -0.1) is 0 Å². The summed E-state index contributed by atoms with van der Waals surface area (Å²) >= 11 is 0. The summed E-state index contributed by atoms with van der Waals surface area (Å²) in [7, 11) is 1.53. The van der Waals surface area contributed by atoms with Crippen LogP contribution in [0.25, 0.3) is 28.0 Å². The third kappa shape index (κ3) is 4.84. The molecule has 9 nitrogen and oxygen atoms in total. The first-order valence-electron chi connectivity index (χ1n) is 11.8. The molecule has 36 heavy (non-hydrogen) atoms. The van der Waals surface area contributed by atoms with Crippen LogP contribution >= 0.6 is 0 Å². The molecule has 5 rings (SSSR count). The Bertz CT molecular complexity index is 1380. The highest BCUT2D eigenvalue weighted by atomic mass is 16.6. The van der Waals surface area contributed by atoms with Gasteiger partial charge in [-0.2, -0.15) is 0 Å². The van der Waals surface area contributed by atoms with Gasteiger partial charge in [0, 0.05) is 63.7 Å². The average molecular weight is 486 g/mol. The number of pyridine rings is 1. The molecule has 1 aliphatic rings. The maximum atomic E-state index is 12.2. The number of imidazole rings is 1. The predicted octanol–water partition coefficient (Wildman–Crippen LogP) is 3.87. The Labute approximate surface area is 208 Å². The second kappa shape index (κ2) is 10.3. The number of nitro groups is 1. The third-order valence-corrected chi connectivity index (χ3v) is 6.54. The maximum absolute atomic E-state index is 12.2. The van der Waals surface area contributed by atoms with Gasteiger partial charge >= 0.3 is 0 Å². The second-order valence-electron chi connectivity index (χ2n) is 8.81. The van der Waals surface area contributed by atoms with E-state index in [1.807, 2.05) is 29.2 Å². The van der Waals surface area contributed by atoms with Crippen molar-refractivity contribution < 1.29 is 14.5 Å². The molecule has 9 heteroatoms. The number of benzene rings is 2. The molecule has 1 fully saturated rings. The Morgan fingerprint density at radius 1 is 0.944 bits per heavy atom. The first kappa shape index (κ1) is 23.7. The summed E-state index contributed by atoms with van der Waals surface area (Å²) in [5.41, 5.74) is 5.68. The van der Waals surface area contributed by atoms with E-state index in [0.717, 1.165) is 46.8 Å². The van der Waals surface area contributed by atoms with Crippen molar-refractivity contribution in [3.63, 3.8) is 0 Å². The minimum absolute atomic E-state index is 0.00558. The minimum atomic E-state index is -0.398. The average Bonchev–Trinajstić information content (AvgIpc) is 3.27. The number of fused-ring (bicyclic) bond motifs is 1. The Balaban J connectivity index is 1.50. The van der Waals surface area contributed by atoms with Crippen molar-refractivity contribution in [2.24, 2.45) is 0 Å². The van der Waals surface area contributed by atoms with E-state index >= 15 is 0 Å². The number of carbonyl (C=O) groups excluding carboxylic acids is 1. The van der Waals surface area contributed by atoms with Crippen molar-refractivity contribution in [3.05, 3.63) is 88.7 Å². The summed E-state index contributed by atoms with van der Waals surface area (Å²) in [5, 5.41) is 11.2. The normalized spacial score (nSPS) is 14.3. The predicted molar refractivity (Wildman–Crippen MR) is 136 cm³/mol. The summed E-state index contributed by atoms with van der Waals surface area (Å²) in [6.07, 6.45) is 2.10. The molecule has 0 atom stereocenters. The molecule has 0 aliphatic carbocycles. The largest absolute Gasteiger partial charge is 0.375 e. The standard InChI is InChI=1S/C27H27N5O4/c1-36-19-26(33)30-15-13-29(14-16-30)18-24-27(21-7-10-23(11-8-21)32(34)35)28-25-12-9-22(17-31(24)25)20-5-3-2-4-6-20/h2-12,17H,13-16,18-19H2,1H3. The van der Waals surface area contributed by atoms with Crippen LogP contribution in [-0.4, -0.2) is 69.9 Å². The first-order chi connectivity index (χ1) is 17.5. The van der Waals surface area contributed by atoms with Crippen molar-refractivity contribution in [1.29, 1.82) is 0 Å². The number of ether oxygens (including phenoxy) is 1. The van der Waals surface area contributed by atoms with Crippen LogP contribution in [0.4, 0.5) is 5.69 Å². The Morgan fingerprint density at radius 3 is 2.31 bits per heavy atom. The van der Waals surface area contributed by atoms with Gasteiger partial charge in [0.2, 0.25) is 5.91 Å². The molecule has 0 radical (unpaired) electrons. The van der Waals surface area contributed by atoms with Gasteiger partial charge in [-0.25, -0.2) is 4.98 Å². The zero-order valence-electron chi connectivity index (χ0n) is 20.0. The van der Waals surface area contributed by atoms with Crippen LogP contribution in [0.5, 0.6) is 0 Å². The summed E-state index contributed by atoms with van der Waals surface area (Å²) in [5.74, 6) is 0.00558. The van der Waals surface area contributed by atoms with Gasteiger partial charge in [0.05, 0.1) is 16.3 Å². The van der Waals surface area contributed by atoms with Crippen LogP contribution in [0.1, 0.15) is 5.69 Å². The van der Waals surface area contributed by atoms with E-state index < -0.39 is 4.92 Å². The molecule has 2 aromatic heterocycles. The van der Waals surface area contributed by atoms with Crippen LogP contribution in [0.15, 0.2) is 72.9 Å². The number of methoxy groups -OCH3 is 1. The lowest BCUT2D eigenvalue weighted by Gasteiger charge is -2.34. The number of carbonyl (C=O) groups is 1. The maximum Gasteiger partial charge on any atom is 0.269 e. The molecule has 0 bridgehead atoms. The van der Waals surface area contributed by atoms with Gasteiger partial charge in [0.25, 0.3) is 5.69 Å². The highest BCUT2D eigenvalue weighted by Gasteiger charge is 2.24. The molecule has 4 aromatic rings. The van der Waals surface area contributed by atoms with Gasteiger partial charge in [-0.1, -0.05) is 30.3 Å². The Morgan fingerprint density at radius 2 is 1.64 bits per heavy atom. The topological polar surface area (TPSA) is 93.2 Å². The van der Waals surface area contributed by atoms with Crippen molar-refractivity contribution in [3.8, 4) is 22.4 Å². The molecule has 1 saturated heterocycles. The van der Waals surface area contributed by atoms with E-state index in [4.69, 9.17) is 9.72 Å². The van der Waals surface area contributed by atoms with Crippen LogP contribution in [0, 0.1) is 10.1 Å². The smallest absolute Gasteiger partial charge is 0.269 e. The lowest BCUT2D eigenvalue weighted by atomic mass is 10.1. The molecule has 0 N–H and O–H groups in total. The number of amides is 1. The third-order valence-electron chi connectivity index (χ3n) is 6.54. The summed E-state index contributed by atoms with van der Waals surface area (Å²) in [4.78, 5) is 32.0. The van der Waals surface area contributed by atoms with Crippen molar-refractivity contribution in [2.45, 2.75) is 6.54 Å². The fourth-order valence-corrected chi connectivity index (χ4v) is 4.60. The lowest BCUT2D eigenvalue weighted by Crippen LogP contribution is -2.49. The van der Waals surface area contributed by atoms with Gasteiger partial charge in [-0.05, 0) is 35.4 Å². The molecule has 3 heterocycles. The van der Waals surface area contributed by atoms with E-state index in [1.54, 1.807) is 12.1 Å². The van der Waals surface area contributed by atoms with Crippen LogP contribution in [0.2, 0.25) is 0 Å². The first-order valence-corrected chi connectivity index (χ1v) is 11.8. The molecule has 0 saturated carbocycles. The van der Waals surface area contributed by atoms with E-state index in [-0.39, 0.29) is 18.2 Å². The number of hydrogen-bond acceptors (Lipinski definition) is 6. The zero-order valence-corrected chi connectivity index (χ0v) is 20.0. The van der Waals surface area contributed by atoms with Crippen LogP contribution in [0.3, 0.4) is 0 Å². The number of aromatic nitrogens is 2. The van der Waals surface area contributed by atoms with Crippen LogP contribution < -0.4 is 0 Å². The van der Waals surface area contributed by atoms with Gasteiger partial charge in [-0.3, -0.25) is 19.8 Å². The molecule has 0 spiro atoms. The minimum Gasteiger partial charge on any atom is -0.375 e. The number of hydrogen-bond donors (Lipinski definition) is 0. The highest BCUT2D eigenvalue weighted by Crippen LogP contribution is 2.29. The van der Waals surface area contributed by atoms with E-state index in [1.165, 1.54) is 19.2 Å². The molecule has 1 amide bonds. The summed E-state index contributed by atoms with van der Waals surface area (Å²) < 4.78 is 7.11. The fraction of sp³-hybridized carbons (Fsp3) is 0.259. The SMILES string of the molecule is COCC(=O)N1CCN(Cc2c(-c3ccc([N+](=O)[O-])cc3)nc3ccc(-c4ccccc4)cn23)CC1. The van der Waals surface area contributed by atoms with Crippen molar-refractivity contribution in [2.75, 3.05) is 39.9 Å². The van der Waals surface area contributed by atoms with Crippen molar-refractivity contribution >= 4 is 17.2 Å². The molecule has 1 aliphatic heterocycles. The number of non-ortho nitro benzene ring substituents is 1. The second-order valence-corrected chi connectivity index (χ2v) is 8.81. The number of rotatable bonds is 7. The quantitative estimate of drug-likeness (QED) is 0.291. The van der Waals surface area contributed by atoms with E-state index in [2.05, 4.69) is 33.7 Å². The van der Waals surface area contributed by atoms with Gasteiger partial charge in [0.15, 0.2) is 0 Å². The lowest BCUT2D eigenvalue weighted by molar-refractivity contribution is -0.384. The molecular formula is C27H27N5O4. The van der Waals surface area contributed by atoms with E-state index in [0.29, 0.717) is 19.6 Å².